The van der Waals surface area contributed by atoms with Crippen molar-refractivity contribution in [3.63, 3.8) is 0 Å². The number of hydrogen-bond acceptors (Lipinski definition) is 18. The molecule has 0 bridgehead atoms. The van der Waals surface area contributed by atoms with E-state index in [1.165, 1.54) is 83.5 Å². The molecular formula is C59H107NO18. The Labute approximate surface area is 466 Å². The number of ether oxygens (including phenoxy) is 6. The van der Waals surface area contributed by atoms with Crippen LogP contribution in [0.3, 0.4) is 0 Å². The van der Waals surface area contributed by atoms with Crippen LogP contribution in [0.25, 0.3) is 0 Å². The molecule has 3 rings (SSSR count). The van der Waals surface area contributed by atoms with Gasteiger partial charge in [0.2, 0.25) is 5.91 Å². The van der Waals surface area contributed by atoms with Crippen LogP contribution in [0.5, 0.6) is 0 Å². The molecule has 19 nitrogen and oxygen atoms in total. The molecule has 3 aliphatic heterocycles. The SMILES string of the molecule is CCCCC/C=C\C/C=C\C/C=C\CCCCCCCCC(=O)NC(COC1OC(CO)C(OC2OC(CO)C(OC3OC(CO)C(O)C(O)C3O)C(O)C2O)C(O)C1O)C(O)CCCCCCCCCCCCCCCC. The first-order valence-electron chi connectivity index (χ1n) is 30.2. The Morgan fingerprint density at radius 1 is 0.462 bits per heavy atom. The molecule has 0 spiro atoms. The average Bonchev–Trinajstić information content (AvgIpc) is 3.45. The van der Waals surface area contributed by atoms with E-state index in [4.69, 9.17) is 28.4 Å². The van der Waals surface area contributed by atoms with E-state index in [1.54, 1.807) is 0 Å². The van der Waals surface area contributed by atoms with Gasteiger partial charge in [0, 0.05) is 6.42 Å². The highest BCUT2D eigenvalue weighted by Crippen LogP contribution is 2.33. The first kappa shape index (κ1) is 70.3. The summed E-state index contributed by atoms with van der Waals surface area (Å²) in [5.41, 5.74) is 0. The number of carbonyl (C=O) groups is 1. The van der Waals surface area contributed by atoms with Gasteiger partial charge in [-0.25, -0.2) is 0 Å². The lowest BCUT2D eigenvalue weighted by Gasteiger charge is -2.48. The lowest BCUT2D eigenvalue weighted by atomic mass is 9.96. The minimum atomic E-state index is -1.97. The third-order valence-electron chi connectivity index (χ3n) is 15.2. The Balaban J connectivity index is 1.50. The van der Waals surface area contributed by atoms with E-state index in [9.17, 15) is 61.0 Å². The number of unbranched alkanes of at least 4 members (excludes halogenated alkanes) is 22. The van der Waals surface area contributed by atoms with Gasteiger partial charge in [-0.3, -0.25) is 4.79 Å². The number of hydrogen-bond donors (Lipinski definition) is 12. The van der Waals surface area contributed by atoms with Gasteiger partial charge in [0.1, 0.15) is 73.2 Å². The summed E-state index contributed by atoms with van der Waals surface area (Å²) in [6.45, 7) is 1.74. The molecule has 0 saturated carbocycles. The van der Waals surface area contributed by atoms with Crippen LogP contribution in [0.15, 0.2) is 36.5 Å². The molecule has 3 aliphatic rings. The number of nitrogens with one attached hydrogen (secondary N) is 1. The van der Waals surface area contributed by atoms with Crippen molar-refractivity contribution in [1.29, 1.82) is 0 Å². The highest BCUT2D eigenvalue weighted by molar-refractivity contribution is 5.76. The molecule has 456 valence electrons. The first-order valence-corrected chi connectivity index (χ1v) is 30.2. The molecule has 0 radical (unpaired) electrons. The number of carbonyl (C=O) groups excluding carboxylic acids is 1. The maximum absolute atomic E-state index is 13.3. The lowest BCUT2D eigenvalue weighted by molar-refractivity contribution is -0.379. The van der Waals surface area contributed by atoms with Gasteiger partial charge in [0.05, 0.1) is 38.6 Å². The molecule has 0 aromatic heterocycles. The minimum absolute atomic E-state index is 0.251. The molecule has 19 heteroatoms. The van der Waals surface area contributed by atoms with Crippen molar-refractivity contribution in [3.8, 4) is 0 Å². The zero-order valence-electron chi connectivity index (χ0n) is 47.4. The maximum Gasteiger partial charge on any atom is 0.220 e. The van der Waals surface area contributed by atoms with Gasteiger partial charge in [0.15, 0.2) is 18.9 Å². The molecule has 78 heavy (non-hydrogen) atoms. The second-order valence-corrected chi connectivity index (χ2v) is 21.8. The van der Waals surface area contributed by atoms with Crippen LogP contribution < -0.4 is 5.32 Å². The predicted molar refractivity (Wildman–Crippen MR) is 296 cm³/mol. The van der Waals surface area contributed by atoms with Gasteiger partial charge in [-0.1, -0.05) is 179 Å². The van der Waals surface area contributed by atoms with Crippen molar-refractivity contribution in [2.24, 2.45) is 0 Å². The van der Waals surface area contributed by atoms with Crippen LogP contribution in [0.1, 0.15) is 200 Å². The van der Waals surface area contributed by atoms with Crippen molar-refractivity contribution in [1.82, 2.24) is 5.32 Å². The van der Waals surface area contributed by atoms with Crippen LogP contribution >= 0.6 is 0 Å². The third-order valence-corrected chi connectivity index (χ3v) is 15.2. The fraction of sp³-hybridized carbons (Fsp3) is 0.881. The van der Waals surface area contributed by atoms with E-state index in [0.29, 0.717) is 12.8 Å². The molecule has 0 aliphatic carbocycles. The lowest BCUT2D eigenvalue weighted by Crippen LogP contribution is -2.66. The van der Waals surface area contributed by atoms with E-state index in [0.717, 1.165) is 83.5 Å². The van der Waals surface area contributed by atoms with Gasteiger partial charge >= 0.3 is 0 Å². The maximum atomic E-state index is 13.3. The summed E-state index contributed by atoms with van der Waals surface area (Å²) >= 11 is 0. The third kappa shape index (κ3) is 26.5. The minimum Gasteiger partial charge on any atom is -0.394 e. The smallest absolute Gasteiger partial charge is 0.220 e. The van der Waals surface area contributed by atoms with Crippen LogP contribution in [0.2, 0.25) is 0 Å². The van der Waals surface area contributed by atoms with Crippen molar-refractivity contribution in [3.05, 3.63) is 36.5 Å². The summed E-state index contributed by atoms with van der Waals surface area (Å²) in [6, 6.07) is -0.893. The average molecular weight is 1120 g/mol. The van der Waals surface area contributed by atoms with E-state index in [2.05, 4.69) is 55.6 Å². The summed E-state index contributed by atoms with van der Waals surface area (Å²) < 4.78 is 34.3. The van der Waals surface area contributed by atoms with Gasteiger partial charge in [-0.15, -0.1) is 0 Å². The molecule has 3 saturated heterocycles. The molecule has 1 amide bonds. The molecule has 12 N–H and O–H groups in total. The highest BCUT2D eigenvalue weighted by Gasteiger charge is 2.53. The number of aliphatic hydroxyl groups is 11. The molecule has 3 heterocycles. The summed E-state index contributed by atoms with van der Waals surface area (Å²) in [7, 11) is 0. The zero-order chi connectivity index (χ0) is 56.9. The Morgan fingerprint density at radius 2 is 0.846 bits per heavy atom. The van der Waals surface area contributed by atoms with Crippen molar-refractivity contribution < 1.29 is 89.4 Å². The normalized spacial score (nSPS) is 30.7. The molecule has 0 aromatic carbocycles. The second kappa shape index (κ2) is 42.8. The number of amides is 1. The Morgan fingerprint density at radius 3 is 1.35 bits per heavy atom. The van der Waals surface area contributed by atoms with Gasteiger partial charge in [-0.2, -0.15) is 0 Å². The summed E-state index contributed by atoms with van der Waals surface area (Å²) in [5, 5.41) is 120. The Hall–Kier alpha value is -1.99. The predicted octanol–water partition coefficient (Wildman–Crippen LogP) is 5.32. The monoisotopic (exact) mass is 1120 g/mol. The zero-order valence-corrected chi connectivity index (χ0v) is 47.4. The Kier molecular flexibility index (Phi) is 38.5. The standard InChI is InChI=1S/C59H107NO18/c1-3-5-7-9-11-13-15-17-19-20-21-22-23-25-27-29-31-33-35-37-47(65)60-42(43(64)36-34-32-30-28-26-24-18-16-14-12-10-8-6-4-2)41-73-57-53(71)50(68)55(45(39-62)75-57)78-59-54(72)51(69)56(46(40-63)76-59)77-58-52(70)49(67)48(66)44(38-61)74-58/h11,13,17,19,21-22,42-46,48-59,61-64,66-72H,3-10,12,14-16,18,20,23-41H2,1-2H3,(H,60,65)/b13-11-,19-17-,22-21-. The van der Waals surface area contributed by atoms with Crippen LogP contribution in [0, 0.1) is 0 Å². The highest BCUT2D eigenvalue weighted by atomic mass is 16.8. The fourth-order valence-corrected chi connectivity index (χ4v) is 10.2. The summed E-state index contributed by atoms with van der Waals surface area (Å²) in [4.78, 5) is 13.3. The molecule has 17 unspecified atom stereocenters. The van der Waals surface area contributed by atoms with E-state index < -0.39 is 124 Å². The molecule has 0 aromatic rings. The van der Waals surface area contributed by atoms with Crippen molar-refractivity contribution in [2.75, 3.05) is 26.4 Å². The van der Waals surface area contributed by atoms with Gasteiger partial charge < -0.3 is 89.9 Å². The topological polar surface area (TPSA) is 307 Å². The van der Waals surface area contributed by atoms with E-state index in [-0.39, 0.29) is 18.9 Å². The number of rotatable bonds is 44. The van der Waals surface area contributed by atoms with Crippen molar-refractivity contribution >= 4 is 5.91 Å². The van der Waals surface area contributed by atoms with Crippen LogP contribution in [0.4, 0.5) is 0 Å². The van der Waals surface area contributed by atoms with Gasteiger partial charge in [0.25, 0.3) is 0 Å². The quantitative estimate of drug-likeness (QED) is 0.0271. The van der Waals surface area contributed by atoms with Crippen molar-refractivity contribution in [2.45, 2.75) is 304 Å². The van der Waals surface area contributed by atoms with E-state index >= 15 is 0 Å². The summed E-state index contributed by atoms with van der Waals surface area (Å²) in [6.07, 6.45) is 17.9. The second-order valence-electron chi connectivity index (χ2n) is 21.8. The number of allylic oxidation sites excluding steroid dienone is 6. The first-order chi connectivity index (χ1) is 37.8. The molecular weight excluding hydrogens is 1010 g/mol. The van der Waals surface area contributed by atoms with E-state index in [1.807, 2.05) is 0 Å². The molecule has 3 fully saturated rings. The van der Waals surface area contributed by atoms with Crippen LogP contribution in [-0.4, -0.2) is 193 Å². The van der Waals surface area contributed by atoms with Crippen LogP contribution in [-0.2, 0) is 33.2 Å². The Bertz CT molecular complexity index is 1570. The molecule has 17 atom stereocenters. The summed E-state index contributed by atoms with van der Waals surface area (Å²) in [5.74, 6) is -0.257. The largest absolute Gasteiger partial charge is 0.394 e. The number of aliphatic hydroxyl groups excluding tert-OH is 11. The fourth-order valence-electron chi connectivity index (χ4n) is 10.2. The van der Waals surface area contributed by atoms with Gasteiger partial charge in [-0.05, 0) is 51.4 Å².